The Kier molecular flexibility index (Phi) is 3.46. The molecule has 0 spiro atoms. The van der Waals surface area contributed by atoms with Crippen LogP contribution in [0.1, 0.15) is 10.5 Å². The summed E-state index contributed by atoms with van der Waals surface area (Å²) in [7, 11) is 1.61. The van der Waals surface area contributed by atoms with E-state index in [1.54, 1.807) is 31.6 Å². The molecule has 0 aliphatic heterocycles. The van der Waals surface area contributed by atoms with Crippen LogP contribution in [0.15, 0.2) is 48.8 Å². The Morgan fingerprint density at radius 3 is 2.72 bits per heavy atom. The maximum Gasteiger partial charge on any atom is 0.352 e. The molecule has 0 saturated heterocycles. The van der Waals surface area contributed by atoms with Crippen molar-refractivity contribution in [2.45, 2.75) is 0 Å². The summed E-state index contributed by atoms with van der Waals surface area (Å²) in [6.07, 6.45) is 3.34. The number of aromatic amines is 1. The van der Waals surface area contributed by atoms with Crippen molar-refractivity contribution >= 4 is 39.3 Å². The number of methoxy groups -OCH3 is 1. The molecule has 3 heterocycles. The number of aromatic nitrogens is 3. The third-order valence-corrected chi connectivity index (χ3v) is 3.96. The van der Waals surface area contributed by atoms with Gasteiger partial charge in [0.25, 0.3) is 0 Å². The first-order valence-electron chi connectivity index (χ1n) is 7.56. The Bertz CT molecular complexity index is 1090. The Morgan fingerprint density at radius 1 is 1.20 bits per heavy atom. The Labute approximate surface area is 142 Å². The van der Waals surface area contributed by atoms with Gasteiger partial charge in [-0.05, 0) is 36.4 Å². The molecule has 0 atom stereocenters. The number of carboxylic acids is 1. The molecule has 0 unspecified atom stereocenters. The molecule has 4 aromatic rings. The summed E-state index contributed by atoms with van der Waals surface area (Å²) in [5.41, 5.74) is 2.27. The number of hydrogen-bond acceptors (Lipinski definition) is 5. The standard InChI is InChI=1S/C18H14N4O3/c1-25-11-4-2-10(3-5-11)20-17-16-12(8-15(21-16)18(23)24)13-9-19-7-6-14(13)22-17/h2-9,21H,1H3,(H,20,22)(H,23,24). The van der Waals surface area contributed by atoms with Gasteiger partial charge in [0, 0.05) is 28.9 Å². The van der Waals surface area contributed by atoms with Crippen LogP contribution in [0.2, 0.25) is 0 Å². The second-order valence-corrected chi connectivity index (χ2v) is 5.48. The topological polar surface area (TPSA) is 100 Å². The highest BCUT2D eigenvalue weighted by molar-refractivity contribution is 6.11. The Hall–Kier alpha value is -3.61. The van der Waals surface area contributed by atoms with Crippen molar-refractivity contribution in [3.63, 3.8) is 0 Å². The van der Waals surface area contributed by atoms with E-state index in [0.717, 1.165) is 27.7 Å². The maximum atomic E-state index is 11.3. The van der Waals surface area contributed by atoms with Gasteiger partial charge < -0.3 is 20.1 Å². The van der Waals surface area contributed by atoms with Crippen molar-refractivity contribution in [3.05, 3.63) is 54.5 Å². The number of pyridine rings is 2. The summed E-state index contributed by atoms with van der Waals surface area (Å²) in [6.45, 7) is 0. The summed E-state index contributed by atoms with van der Waals surface area (Å²) in [5.74, 6) is 0.274. The molecule has 25 heavy (non-hydrogen) atoms. The molecule has 0 aliphatic rings. The van der Waals surface area contributed by atoms with Gasteiger partial charge in [-0.2, -0.15) is 0 Å². The quantitative estimate of drug-likeness (QED) is 0.527. The van der Waals surface area contributed by atoms with Gasteiger partial charge in [-0.15, -0.1) is 0 Å². The summed E-state index contributed by atoms with van der Waals surface area (Å²) in [4.78, 5) is 23.0. The second-order valence-electron chi connectivity index (χ2n) is 5.48. The van der Waals surface area contributed by atoms with E-state index in [2.05, 4.69) is 20.3 Å². The minimum Gasteiger partial charge on any atom is -0.497 e. The lowest BCUT2D eigenvalue weighted by Gasteiger charge is -2.09. The van der Waals surface area contributed by atoms with Gasteiger partial charge in [-0.1, -0.05) is 0 Å². The lowest BCUT2D eigenvalue weighted by molar-refractivity contribution is 0.0691. The van der Waals surface area contributed by atoms with Crippen LogP contribution in [-0.4, -0.2) is 33.1 Å². The van der Waals surface area contributed by atoms with Crippen LogP contribution in [0.25, 0.3) is 21.8 Å². The number of carbonyl (C=O) groups is 1. The zero-order chi connectivity index (χ0) is 17.4. The van der Waals surface area contributed by atoms with Crippen LogP contribution >= 0.6 is 0 Å². The summed E-state index contributed by atoms with van der Waals surface area (Å²) < 4.78 is 5.16. The van der Waals surface area contributed by atoms with Crippen molar-refractivity contribution in [1.29, 1.82) is 0 Å². The molecule has 0 radical (unpaired) electrons. The first-order chi connectivity index (χ1) is 12.2. The minimum atomic E-state index is -1.02. The molecule has 3 N–H and O–H groups in total. The average molecular weight is 334 g/mol. The Balaban J connectivity index is 1.89. The highest BCUT2D eigenvalue weighted by Crippen LogP contribution is 2.31. The number of nitrogens with one attached hydrogen (secondary N) is 2. The highest BCUT2D eigenvalue weighted by Gasteiger charge is 2.15. The fourth-order valence-corrected chi connectivity index (χ4v) is 2.74. The molecule has 4 rings (SSSR count). The number of H-pyrrole nitrogens is 1. The smallest absolute Gasteiger partial charge is 0.352 e. The van der Waals surface area contributed by atoms with E-state index in [1.807, 2.05) is 24.3 Å². The van der Waals surface area contributed by atoms with E-state index >= 15 is 0 Å². The third-order valence-electron chi connectivity index (χ3n) is 3.96. The van der Waals surface area contributed by atoms with E-state index in [1.165, 1.54) is 0 Å². The molecule has 0 fully saturated rings. The van der Waals surface area contributed by atoms with Crippen LogP contribution in [0.4, 0.5) is 11.5 Å². The van der Waals surface area contributed by atoms with Gasteiger partial charge in [0.2, 0.25) is 0 Å². The number of fused-ring (bicyclic) bond motifs is 3. The lowest BCUT2D eigenvalue weighted by Crippen LogP contribution is -1.97. The van der Waals surface area contributed by atoms with Crippen molar-refractivity contribution in [2.75, 3.05) is 12.4 Å². The normalized spacial score (nSPS) is 10.9. The van der Waals surface area contributed by atoms with Crippen LogP contribution in [0, 0.1) is 0 Å². The molecule has 0 aliphatic carbocycles. The zero-order valence-electron chi connectivity index (χ0n) is 13.3. The maximum absolute atomic E-state index is 11.3. The fraction of sp³-hybridized carbons (Fsp3) is 0.0556. The number of ether oxygens (including phenoxy) is 1. The van der Waals surface area contributed by atoms with Gasteiger partial charge in [0.1, 0.15) is 11.4 Å². The summed E-state index contributed by atoms with van der Waals surface area (Å²) in [5, 5.41) is 14.1. The first kappa shape index (κ1) is 14.9. The predicted octanol–water partition coefficient (Wildman–Crippen LogP) is 3.56. The lowest BCUT2D eigenvalue weighted by atomic mass is 10.1. The summed E-state index contributed by atoms with van der Waals surface area (Å²) >= 11 is 0. The molecule has 0 amide bonds. The molecular formula is C18H14N4O3. The molecule has 3 aromatic heterocycles. The number of aromatic carboxylic acids is 1. The number of nitrogens with zero attached hydrogens (tertiary/aromatic N) is 2. The molecule has 7 nitrogen and oxygen atoms in total. The molecular weight excluding hydrogens is 320 g/mol. The number of anilines is 2. The van der Waals surface area contributed by atoms with Gasteiger partial charge in [0.15, 0.2) is 5.82 Å². The number of benzene rings is 1. The van der Waals surface area contributed by atoms with Crippen LogP contribution in [-0.2, 0) is 0 Å². The van der Waals surface area contributed by atoms with E-state index in [9.17, 15) is 9.90 Å². The predicted molar refractivity (Wildman–Crippen MR) is 94.6 cm³/mol. The van der Waals surface area contributed by atoms with Crippen LogP contribution in [0.3, 0.4) is 0 Å². The van der Waals surface area contributed by atoms with Crippen molar-refractivity contribution < 1.29 is 14.6 Å². The van der Waals surface area contributed by atoms with Gasteiger partial charge in [-0.25, -0.2) is 9.78 Å². The second kappa shape index (κ2) is 5.79. The van der Waals surface area contributed by atoms with Gasteiger partial charge in [-0.3, -0.25) is 4.98 Å². The molecule has 0 saturated carbocycles. The van der Waals surface area contributed by atoms with Crippen molar-refractivity contribution in [2.24, 2.45) is 0 Å². The number of hydrogen-bond donors (Lipinski definition) is 3. The fourth-order valence-electron chi connectivity index (χ4n) is 2.74. The van der Waals surface area contributed by atoms with Crippen molar-refractivity contribution in [3.8, 4) is 5.75 Å². The van der Waals surface area contributed by atoms with Gasteiger partial charge >= 0.3 is 5.97 Å². The molecule has 0 bridgehead atoms. The number of carboxylic acid groups (broad SMARTS) is 1. The monoisotopic (exact) mass is 334 g/mol. The van der Waals surface area contributed by atoms with Crippen LogP contribution in [0.5, 0.6) is 5.75 Å². The number of rotatable bonds is 4. The third kappa shape index (κ3) is 2.61. The largest absolute Gasteiger partial charge is 0.497 e. The minimum absolute atomic E-state index is 0.103. The Morgan fingerprint density at radius 2 is 2.00 bits per heavy atom. The molecule has 7 heteroatoms. The average Bonchev–Trinajstić information content (AvgIpc) is 3.09. The van der Waals surface area contributed by atoms with E-state index in [0.29, 0.717) is 11.3 Å². The van der Waals surface area contributed by atoms with Gasteiger partial charge in [0.05, 0.1) is 18.1 Å². The van der Waals surface area contributed by atoms with Crippen molar-refractivity contribution in [1.82, 2.24) is 15.0 Å². The van der Waals surface area contributed by atoms with E-state index in [4.69, 9.17) is 4.74 Å². The SMILES string of the molecule is COc1ccc(Nc2nc3ccncc3c3cc(C(=O)O)[nH]c23)cc1. The van der Waals surface area contributed by atoms with E-state index in [-0.39, 0.29) is 5.69 Å². The molecule has 124 valence electrons. The summed E-state index contributed by atoms with van der Waals surface area (Å²) in [6, 6.07) is 10.8. The molecule has 1 aromatic carbocycles. The van der Waals surface area contributed by atoms with E-state index < -0.39 is 5.97 Å². The first-order valence-corrected chi connectivity index (χ1v) is 7.56. The highest BCUT2D eigenvalue weighted by atomic mass is 16.5. The zero-order valence-corrected chi connectivity index (χ0v) is 13.3. The van der Waals surface area contributed by atoms with Crippen LogP contribution < -0.4 is 10.1 Å².